The standard InChI is InChI=1S/C40H48ClN9O6/c1-39(2)37(40(3,4)38(39)56-28-11-9-26(23-42)30(41)21-28)47-46-35(53)27-10-13-32(43-24-27)49-18-16-48(17-19-49)15-7-5-6-8-20-55-29-22-34(52)50(44-25-29)31-12-14-33(51)45-36(31)54/h9-11,13,21-22,24-25,31,37-38H,5-8,12,14-20H2,1-4H3,(H,45,51,54). The number of halogens is 1. The topological polar surface area (TPSA) is 184 Å². The van der Waals surface area contributed by atoms with E-state index in [1.54, 1.807) is 30.5 Å². The summed E-state index contributed by atoms with van der Waals surface area (Å²) in [6, 6.07) is 11.0. The van der Waals surface area contributed by atoms with Crippen LogP contribution in [-0.4, -0.2) is 88.9 Å². The molecule has 1 N–H and O–H groups in total. The molecule has 1 aliphatic carbocycles. The first-order valence-corrected chi connectivity index (χ1v) is 19.5. The lowest BCUT2D eigenvalue weighted by Gasteiger charge is -2.60. The van der Waals surface area contributed by atoms with Gasteiger partial charge < -0.3 is 14.4 Å². The molecule has 16 heteroatoms. The molecule has 1 saturated carbocycles. The van der Waals surface area contributed by atoms with Gasteiger partial charge in [0.1, 0.15) is 35.5 Å². The first-order chi connectivity index (χ1) is 26.8. The van der Waals surface area contributed by atoms with Gasteiger partial charge in [0.15, 0.2) is 0 Å². The smallest absolute Gasteiger partial charge is 0.296 e. The third kappa shape index (κ3) is 9.08. The number of nitrogens with one attached hydrogen (secondary N) is 1. The highest BCUT2D eigenvalue weighted by atomic mass is 35.5. The zero-order valence-corrected chi connectivity index (χ0v) is 33.0. The molecule has 3 amide bonds. The Bertz CT molecular complexity index is 2040. The van der Waals surface area contributed by atoms with E-state index in [0.29, 0.717) is 34.3 Å². The molecule has 56 heavy (non-hydrogen) atoms. The molecule has 6 rings (SSSR count). The second-order valence-corrected chi connectivity index (χ2v) is 16.2. The van der Waals surface area contributed by atoms with E-state index in [4.69, 9.17) is 26.3 Å². The van der Waals surface area contributed by atoms with Crippen molar-refractivity contribution in [3.8, 4) is 17.6 Å². The fraction of sp³-hybridized carbons (Fsp3) is 0.525. The highest BCUT2D eigenvalue weighted by Gasteiger charge is 2.64. The molecule has 2 aliphatic heterocycles. The molecule has 0 bridgehead atoms. The van der Waals surface area contributed by atoms with Crippen LogP contribution in [0.3, 0.4) is 0 Å². The Hall–Kier alpha value is -5.20. The Morgan fingerprint density at radius 3 is 2.39 bits per heavy atom. The van der Waals surface area contributed by atoms with Crippen LogP contribution >= 0.6 is 11.6 Å². The summed E-state index contributed by atoms with van der Waals surface area (Å²) in [6.07, 6.45) is 7.18. The number of pyridine rings is 1. The number of carbonyl (C=O) groups is 3. The summed E-state index contributed by atoms with van der Waals surface area (Å²) in [7, 11) is 0. The highest BCUT2D eigenvalue weighted by Crippen LogP contribution is 2.57. The number of rotatable bonds is 14. The van der Waals surface area contributed by atoms with Crippen LogP contribution in [0.2, 0.25) is 5.02 Å². The average Bonchev–Trinajstić information content (AvgIpc) is 3.17. The number of nitriles is 1. The van der Waals surface area contributed by atoms with Gasteiger partial charge in [-0.05, 0) is 50.1 Å². The fourth-order valence-electron chi connectivity index (χ4n) is 8.18. The number of amides is 3. The lowest BCUT2D eigenvalue weighted by atomic mass is 9.49. The summed E-state index contributed by atoms with van der Waals surface area (Å²) in [5, 5.41) is 24.4. The van der Waals surface area contributed by atoms with Crippen LogP contribution in [0.25, 0.3) is 0 Å². The summed E-state index contributed by atoms with van der Waals surface area (Å²) in [4.78, 5) is 58.2. The summed E-state index contributed by atoms with van der Waals surface area (Å²) in [5.74, 6) is 0.465. The van der Waals surface area contributed by atoms with Gasteiger partial charge in [-0.2, -0.15) is 15.5 Å². The van der Waals surface area contributed by atoms with Gasteiger partial charge in [-0.15, -0.1) is 5.11 Å². The number of benzene rings is 1. The van der Waals surface area contributed by atoms with Crippen LogP contribution in [0.5, 0.6) is 11.5 Å². The SMILES string of the molecule is CC1(C)C(N=NC(=O)c2ccc(N3CCN(CCCCCCOc4cnn(C5CCC(=O)NC5=O)c(=O)c4)CC3)nc2)C(C)(C)C1Oc1ccc(C#N)c(Cl)c1. The third-order valence-electron chi connectivity index (χ3n) is 11.0. The molecule has 2 saturated heterocycles. The Morgan fingerprint density at radius 2 is 1.73 bits per heavy atom. The van der Waals surface area contributed by atoms with Crippen molar-refractivity contribution in [2.24, 2.45) is 21.1 Å². The minimum atomic E-state index is -0.789. The van der Waals surface area contributed by atoms with E-state index in [1.807, 2.05) is 33.8 Å². The number of ether oxygens (including phenoxy) is 2. The van der Waals surface area contributed by atoms with Crippen molar-refractivity contribution in [1.29, 1.82) is 5.26 Å². The van der Waals surface area contributed by atoms with Crippen LogP contribution in [-0.2, 0) is 9.59 Å². The summed E-state index contributed by atoms with van der Waals surface area (Å²) in [5.41, 5.74) is -0.490. The molecule has 1 aromatic carbocycles. The van der Waals surface area contributed by atoms with Gasteiger partial charge in [-0.3, -0.25) is 29.4 Å². The van der Waals surface area contributed by atoms with Crippen molar-refractivity contribution in [2.75, 3.05) is 44.2 Å². The number of carbonyl (C=O) groups excluding carboxylic acids is 3. The van der Waals surface area contributed by atoms with Crippen molar-refractivity contribution < 1.29 is 23.9 Å². The average molecular weight is 786 g/mol. The van der Waals surface area contributed by atoms with E-state index < -0.39 is 34.2 Å². The lowest BCUT2D eigenvalue weighted by molar-refractivity contribution is -0.156. The fourth-order valence-corrected chi connectivity index (χ4v) is 8.40. The van der Waals surface area contributed by atoms with Gasteiger partial charge in [-0.25, -0.2) is 9.67 Å². The van der Waals surface area contributed by atoms with Crippen molar-refractivity contribution in [1.82, 2.24) is 25.0 Å². The second kappa shape index (κ2) is 17.3. The van der Waals surface area contributed by atoms with E-state index in [9.17, 15) is 19.2 Å². The van der Waals surface area contributed by atoms with Crippen LogP contribution in [0, 0.1) is 22.2 Å². The number of hydrogen-bond donors (Lipinski definition) is 1. The number of piperidine rings is 1. The van der Waals surface area contributed by atoms with Gasteiger partial charge in [-0.1, -0.05) is 52.1 Å². The third-order valence-corrected chi connectivity index (χ3v) is 11.3. The van der Waals surface area contributed by atoms with Gasteiger partial charge in [0.2, 0.25) is 5.91 Å². The minimum absolute atomic E-state index is 0.172. The maximum absolute atomic E-state index is 13.0. The number of unbranched alkanes of at least 4 members (excludes halogenated alkanes) is 3. The first kappa shape index (κ1) is 40.5. The van der Waals surface area contributed by atoms with Crippen LogP contribution in [0.15, 0.2) is 63.8 Å². The van der Waals surface area contributed by atoms with Gasteiger partial charge in [0.05, 0.1) is 35.0 Å². The molecule has 1 atom stereocenters. The van der Waals surface area contributed by atoms with Crippen molar-refractivity contribution in [3.05, 3.63) is 75.3 Å². The highest BCUT2D eigenvalue weighted by molar-refractivity contribution is 6.31. The Morgan fingerprint density at radius 1 is 0.982 bits per heavy atom. The number of aromatic nitrogens is 3. The molecule has 4 heterocycles. The van der Waals surface area contributed by atoms with E-state index >= 15 is 0 Å². The molecule has 2 aromatic heterocycles. The Labute approximate surface area is 331 Å². The molecule has 0 spiro atoms. The predicted molar refractivity (Wildman–Crippen MR) is 208 cm³/mol. The molecule has 296 valence electrons. The van der Waals surface area contributed by atoms with Crippen LogP contribution in [0.4, 0.5) is 5.82 Å². The maximum atomic E-state index is 13.0. The number of azo groups is 1. The zero-order chi connectivity index (χ0) is 40.0. The summed E-state index contributed by atoms with van der Waals surface area (Å²) < 4.78 is 13.1. The normalized spacial score (nSPS) is 21.9. The minimum Gasteiger partial charge on any atom is -0.492 e. The molecular weight excluding hydrogens is 738 g/mol. The second-order valence-electron chi connectivity index (χ2n) is 15.8. The number of nitrogens with zero attached hydrogens (tertiary/aromatic N) is 8. The summed E-state index contributed by atoms with van der Waals surface area (Å²) in [6.45, 7) is 13.2. The van der Waals surface area contributed by atoms with Crippen molar-refractivity contribution in [2.45, 2.75) is 84.4 Å². The molecule has 3 fully saturated rings. The van der Waals surface area contributed by atoms with Crippen LogP contribution < -0.4 is 25.2 Å². The Balaban J connectivity index is 0.873. The molecule has 0 radical (unpaired) electrons. The van der Waals surface area contributed by atoms with Gasteiger partial charge >= 0.3 is 0 Å². The zero-order valence-electron chi connectivity index (χ0n) is 32.2. The molecule has 3 aliphatic rings. The Kier molecular flexibility index (Phi) is 12.5. The molecule has 1 unspecified atom stereocenters. The van der Waals surface area contributed by atoms with E-state index in [1.165, 1.54) is 12.3 Å². The summed E-state index contributed by atoms with van der Waals surface area (Å²) >= 11 is 6.21. The van der Waals surface area contributed by atoms with E-state index in [0.717, 1.165) is 68.9 Å². The van der Waals surface area contributed by atoms with Gasteiger partial charge in [0, 0.05) is 61.8 Å². The first-order valence-electron chi connectivity index (χ1n) is 19.1. The van der Waals surface area contributed by atoms with Crippen molar-refractivity contribution >= 4 is 35.1 Å². The number of imide groups is 1. The van der Waals surface area contributed by atoms with Crippen molar-refractivity contribution in [3.63, 3.8) is 0 Å². The lowest BCUT2D eigenvalue weighted by Crippen LogP contribution is -2.68. The number of piperazine rings is 1. The maximum Gasteiger partial charge on any atom is 0.296 e. The van der Waals surface area contributed by atoms with Gasteiger partial charge in [0.25, 0.3) is 17.4 Å². The van der Waals surface area contributed by atoms with E-state index in [2.05, 4.69) is 41.5 Å². The molecule has 15 nitrogen and oxygen atoms in total. The quantitative estimate of drug-likeness (QED) is 0.126. The van der Waals surface area contributed by atoms with E-state index in [-0.39, 0.29) is 30.9 Å². The largest absolute Gasteiger partial charge is 0.492 e. The molecule has 3 aromatic rings. The number of anilines is 1. The van der Waals surface area contributed by atoms with Crippen LogP contribution in [0.1, 0.15) is 88.2 Å². The monoisotopic (exact) mass is 785 g/mol. The number of hydrogen-bond acceptors (Lipinski definition) is 12. The molecular formula is C40H48ClN9O6. The predicted octanol–water partition coefficient (Wildman–Crippen LogP) is 5.38.